The number of rotatable bonds is 4. The Balaban J connectivity index is 1.44. The third-order valence-electron chi connectivity index (χ3n) is 4.70. The monoisotopic (exact) mass is 340 g/mol. The van der Waals surface area contributed by atoms with Crippen molar-refractivity contribution in [3.63, 3.8) is 0 Å². The molecule has 0 aromatic carbocycles. The standard InChI is InChI=1S/C17H20N6O2/c1-22-10-20-13-7-12(9-18-16(13)22)17(24)19-8-11-4-6-25-15(11)14-3-5-21-23(14)2/h3,5,7,9-11,15H,4,6,8H2,1-2H3,(H,19,24)/t11-,15+/m0/s1. The predicted molar refractivity (Wildman–Crippen MR) is 90.9 cm³/mol. The lowest BCUT2D eigenvalue weighted by Gasteiger charge is -2.19. The molecule has 130 valence electrons. The lowest BCUT2D eigenvalue weighted by atomic mass is 9.99. The van der Waals surface area contributed by atoms with Crippen molar-refractivity contribution in [2.24, 2.45) is 20.0 Å². The van der Waals surface area contributed by atoms with Crippen LogP contribution in [-0.4, -0.2) is 43.4 Å². The molecule has 0 aliphatic carbocycles. The van der Waals surface area contributed by atoms with E-state index in [1.807, 2.05) is 29.4 Å². The first-order chi connectivity index (χ1) is 12.1. The van der Waals surface area contributed by atoms with Gasteiger partial charge in [-0.1, -0.05) is 0 Å². The molecule has 1 N–H and O–H groups in total. The number of amides is 1. The summed E-state index contributed by atoms with van der Waals surface area (Å²) in [6.45, 7) is 1.24. The number of aryl methyl sites for hydroxylation is 2. The molecule has 1 amide bonds. The van der Waals surface area contributed by atoms with Gasteiger partial charge >= 0.3 is 0 Å². The van der Waals surface area contributed by atoms with Crippen LogP contribution in [-0.2, 0) is 18.8 Å². The van der Waals surface area contributed by atoms with Crippen molar-refractivity contribution in [2.75, 3.05) is 13.2 Å². The van der Waals surface area contributed by atoms with Crippen molar-refractivity contribution in [2.45, 2.75) is 12.5 Å². The average molecular weight is 340 g/mol. The summed E-state index contributed by atoms with van der Waals surface area (Å²) in [5.74, 6) is 0.0848. The zero-order chi connectivity index (χ0) is 17.4. The van der Waals surface area contributed by atoms with Crippen LogP contribution in [0.4, 0.5) is 0 Å². The number of ether oxygens (including phenoxy) is 1. The Morgan fingerprint density at radius 1 is 1.40 bits per heavy atom. The number of hydrogen-bond donors (Lipinski definition) is 1. The summed E-state index contributed by atoms with van der Waals surface area (Å²) in [7, 11) is 3.78. The van der Waals surface area contributed by atoms with Gasteiger partial charge in [-0.15, -0.1) is 0 Å². The van der Waals surface area contributed by atoms with Gasteiger partial charge in [0.25, 0.3) is 5.91 Å². The molecule has 1 fully saturated rings. The Morgan fingerprint density at radius 2 is 2.28 bits per heavy atom. The van der Waals surface area contributed by atoms with Crippen molar-refractivity contribution < 1.29 is 9.53 Å². The van der Waals surface area contributed by atoms with E-state index in [1.54, 1.807) is 24.8 Å². The second-order valence-corrected chi connectivity index (χ2v) is 6.35. The first kappa shape index (κ1) is 15.8. The zero-order valence-electron chi connectivity index (χ0n) is 14.2. The molecule has 1 saturated heterocycles. The Hall–Kier alpha value is -2.74. The van der Waals surface area contributed by atoms with Crippen LogP contribution in [0.25, 0.3) is 11.2 Å². The highest BCUT2D eigenvalue weighted by Crippen LogP contribution is 2.33. The van der Waals surface area contributed by atoms with E-state index in [4.69, 9.17) is 4.74 Å². The SMILES string of the molecule is Cn1nccc1[C@@H]1OCC[C@H]1CNC(=O)c1cnc2c(c1)ncn2C. The van der Waals surface area contributed by atoms with Gasteiger partial charge in [0, 0.05) is 45.6 Å². The van der Waals surface area contributed by atoms with Crippen LogP contribution >= 0.6 is 0 Å². The molecule has 4 rings (SSSR count). The normalized spacial score (nSPS) is 20.2. The Bertz CT molecular complexity index is 915. The van der Waals surface area contributed by atoms with Gasteiger partial charge in [-0.05, 0) is 18.6 Å². The number of carbonyl (C=O) groups excluding carboxylic acids is 1. The molecular formula is C17H20N6O2. The minimum atomic E-state index is -0.143. The van der Waals surface area contributed by atoms with Crippen LogP contribution in [0.15, 0.2) is 30.9 Å². The maximum absolute atomic E-state index is 12.5. The van der Waals surface area contributed by atoms with Crippen molar-refractivity contribution in [3.05, 3.63) is 42.1 Å². The van der Waals surface area contributed by atoms with Crippen LogP contribution < -0.4 is 5.32 Å². The van der Waals surface area contributed by atoms with Gasteiger partial charge in [0.05, 0.1) is 17.6 Å². The van der Waals surface area contributed by atoms with Gasteiger partial charge in [0.2, 0.25) is 0 Å². The van der Waals surface area contributed by atoms with Crippen LogP contribution in [0.2, 0.25) is 0 Å². The van der Waals surface area contributed by atoms with Gasteiger partial charge in [-0.3, -0.25) is 9.48 Å². The smallest absolute Gasteiger partial charge is 0.252 e. The first-order valence-electron chi connectivity index (χ1n) is 8.28. The number of carbonyl (C=O) groups is 1. The van der Waals surface area contributed by atoms with E-state index in [0.717, 1.165) is 17.8 Å². The number of imidazole rings is 1. The average Bonchev–Trinajstić information content (AvgIpc) is 3.33. The van der Waals surface area contributed by atoms with E-state index in [-0.39, 0.29) is 17.9 Å². The number of fused-ring (bicyclic) bond motifs is 1. The lowest BCUT2D eigenvalue weighted by molar-refractivity contribution is 0.0801. The Labute approximate surface area is 144 Å². The highest BCUT2D eigenvalue weighted by atomic mass is 16.5. The maximum Gasteiger partial charge on any atom is 0.252 e. The maximum atomic E-state index is 12.5. The summed E-state index contributed by atoms with van der Waals surface area (Å²) < 4.78 is 9.50. The van der Waals surface area contributed by atoms with E-state index in [2.05, 4.69) is 20.4 Å². The largest absolute Gasteiger partial charge is 0.372 e. The molecule has 3 aromatic heterocycles. The molecule has 1 aliphatic heterocycles. The van der Waals surface area contributed by atoms with Crippen molar-refractivity contribution in [3.8, 4) is 0 Å². The first-order valence-corrected chi connectivity index (χ1v) is 8.28. The highest BCUT2D eigenvalue weighted by molar-refractivity contribution is 5.96. The minimum absolute atomic E-state index is 0.0378. The van der Waals surface area contributed by atoms with Crippen LogP contribution in [0.1, 0.15) is 28.6 Å². The highest BCUT2D eigenvalue weighted by Gasteiger charge is 2.31. The third-order valence-corrected chi connectivity index (χ3v) is 4.70. The molecule has 8 nitrogen and oxygen atoms in total. The van der Waals surface area contributed by atoms with E-state index in [0.29, 0.717) is 24.2 Å². The second-order valence-electron chi connectivity index (χ2n) is 6.35. The number of nitrogens with one attached hydrogen (secondary N) is 1. The van der Waals surface area contributed by atoms with E-state index >= 15 is 0 Å². The van der Waals surface area contributed by atoms with E-state index < -0.39 is 0 Å². The van der Waals surface area contributed by atoms with Crippen molar-refractivity contribution >= 4 is 17.1 Å². The Kier molecular flexibility index (Phi) is 3.96. The number of aromatic nitrogens is 5. The quantitative estimate of drug-likeness (QED) is 0.771. The fourth-order valence-corrected chi connectivity index (χ4v) is 3.30. The van der Waals surface area contributed by atoms with Gasteiger partial charge in [0.15, 0.2) is 5.65 Å². The molecular weight excluding hydrogens is 320 g/mol. The van der Waals surface area contributed by atoms with Gasteiger partial charge in [-0.25, -0.2) is 9.97 Å². The van der Waals surface area contributed by atoms with Crippen LogP contribution in [0.3, 0.4) is 0 Å². The number of nitrogens with zero attached hydrogens (tertiary/aromatic N) is 5. The summed E-state index contributed by atoms with van der Waals surface area (Å²) in [5.41, 5.74) is 3.03. The fraction of sp³-hybridized carbons (Fsp3) is 0.412. The van der Waals surface area contributed by atoms with Gasteiger partial charge in [0.1, 0.15) is 11.6 Å². The zero-order valence-corrected chi connectivity index (χ0v) is 14.2. The molecule has 2 atom stereocenters. The predicted octanol–water partition coefficient (Wildman–Crippen LogP) is 1.21. The molecule has 0 unspecified atom stereocenters. The van der Waals surface area contributed by atoms with E-state index in [9.17, 15) is 4.79 Å². The van der Waals surface area contributed by atoms with Crippen molar-refractivity contribution in [1.82, 2.24) is 29.6 Å². The molecule has 4 heterocycles. The molecule has 0 spiro atoms. The molecule has 25 heavy (non-hydrogen) atoms. The molecule has 0 saturated carbocycles. The molecule has 8 heteroatoms. The molecule has 1 aliphatic rings. The number of pyridine rings is 1. The van der Waals surface area contributed by atoms with Crippen molar-refractivity contribution in [1.29, 1.82) is 0 Å². The minimum Gasteiger partial charge on any atom is -0.372 e. The van der Waals surface area contributed by atoms with Crippen LogP contribution in [0.5, 0.6) is 0 Å². The topological polar surface area (TPSA) is 86.9 Å². The van der Waals surface area contributed by atoms with Crippen LogP contribution in [0, 0.1) is 5.92 Å². The molecule has 0 radical (unpaired) electrons. The summed E-state index contributed by atoms with van der Waals surface area (Å²) >= 11 is 0. The van der Waals surface area contributed by atoms with Gasteiger partial charge in [-0.2, -0.15) is 5.10 Å². The fourth-order valence-electron chi connectivity index (χ4n) is 3.30. The summed E-state index contributed by atoms with van der Waals surface area (Å²) in [6, 6.07) is 3.73. The summed E-state index contributed by atoms with van der Waals surface area (Å²) in [4.78, 5) is 21.0. The molecule has 3 aromatic rings. The third kappa shape index (κ3) is 2.89. The Morgan fingerprint density at radius 3 is 3.08 bits per heavy atom. The number of hydrogen-bond acceptors (Lipinski definition) is 5. The summed E-state index contributed by atoms with van der Waals surface area (Å²) in [6.07, 6.45) is 5.91. The van der Waals surface area contributed by atoms with E-state index in [1.165, 1.54) is 0 Å². The summed E-state index contributed by atoms with van der Waals surface area (Å²) in [5, 5.41) is 7.20. The molecule has 0 bridgehead atoms. The second kappa shape index (κ2) is 6.29. The van der Waals surface area contributed by atoms with Gasteiger partial charge < -0.3 is 14.6 Å². The lowest BCUT2D eigenvalue weighted by Crippen LogP contribution is -2.31.